The molecule has 8 heteroatoms. The Kier molecular flexibility index (Phi) is 3.81. The number of fused-ring (bicyclic) bond motifs is 4. The molecule has 8 nitrogen and oxygen atoms in total. The Morgan fingerprint density at radius 1 is 1.29 bits per heavy atom. The summed E-state index contributed by atoms with van der Waals surface area (Å²) in [4.78, 5) is 42.5. The smallest absolute Gasteiger partial charge is 0.339 e. The predicted molar refractivity (Wildman–Crippen MR) is 79.8 cm³/mol. The van der Waals surface area contributed by atoms with Crippen LogP contribution in [0.1, 0.15) is 18.1 Å². The summed E-state index contributed by atoms with van der Waals surface area (Å²) in [5, 5.41) is 10.9. The van der Waals surface area contributed by atoms with E-state index in [0.717, 1.165) is 5.06 Å². The van der Waals surface area contributed by atoms with Gasteiger partial charge in [-0.2, -0.15) is 0 Å². The summed E-state index contributed by atoms with van der Waals surface area (Å²) in [6, 6.07) is 2.08. The normalized spacial score (nSPS) is 25.5. The molecule has 0 radical (unpaired) electrons. The topological polar surface area (TPSA) is 102 Å². The Labute approximate surface area is 137 Å². The van der Waals surface area contributed by atoms with Crippen molar-refractivity contribution in [2.45, 2.75) is 24.9 Å². The molecule has 1 N–H and O–H groups in total. The Morgan fingerprint density at radius 2 is 1.92 bits per heavy atom. The monoisotopic (exact) mass is 335 g/mol. The second-order valence-electron chi connectivity index (χ2n) is 5.54. The molecule has 1 saturated heterocycles. The molecule has 128 valence electrons. The Bertz CT molecular complexity index is 744. The highest BCUT2D eigenvalue weighted by molar-refractivity contribution is 6.48. The zero-order valence-corrected chi connectivity index (χ0v) is 13.5. The first-order chi connectivity index (χ1) is 11.4. The maximum absolute atomic E-state index is 12.6. The second kappa shape index (κ2) is 5.57. The highest BCUT2D eigenvalue weighted by Gasteiger charge is 2.68. The minimum absolute atomic E-state index is 0.134. The standard InChI is InChI=1S/C16H17NO7/c1-4-24-17-10-5-8-6-11(22-2)12(23-3)7-9(8)16(17,15(20)21)14(19)13(10)18/h6-7,10H,4-5H2,1-3H3,(H,20,21). The number of carbonyl (C=O) groups is 3. The van der Waals surface area contributed by atoms with E-state index < -0.39 is 29.1 Å². The number of hydrogen-bond acceptors (Lipinski definition) is 7. The third-order valence-electron chi connectivity index (χ3n) is 4.46. The maximum Gasteiger partial charge on any atom is 0.339 e. The first-order valence-electron chi connectivity index (χ1n) is 7.43. The van der Waals surface area contributed by atoms with Crippen LogP contribution in [-0.4, -0.2) is 54.6 Å². The van der Waals surface area contributed by atoms with E-state index >= 15 is 0 Å². The number of rotatable bonds is 5. The average molecular weight is 335 g/mol. The Balaban J connectivity index is 2.33. The quantitative estimate of drug-likeness (QED) is 0.606. The van der Waals surface area contributed by atoms with E-state index in [0.29, 0.717) is 11.3 Å². The van der Waals surface area contributed by atoms with Gasteiger partial charge in [-0.25, -0.2) is 4.79 Å². The molecule has 2 heterocycles. The number of hydroxylamine groups is 2. The molecule has 1 aromatic carbocycles. The van der Waals surface area contributed by atoms with Crippen molar-refractivity contribution in [3.63, 3.8) is 0 Å². The molecule has 2 aliphatic heterocycles. The fraction of sp³-hybridized carbons (Fsp3) is 0.438. The molecular formula is C16H17NO7. The molecule has 3 rings (SSSR count). The van der Waals surface area contributed by atoms with Gasteiger partial charge in [-0.15, -0.1) is 5.06 Å². The molecule has 0 amide bonds. The van der Waals surface area contributed by atoms with Crippen molar-refractivity contribution in [1.29, 1.82) is 0 Å². The van der Waals surface area contributed by atoms with Gasteiger partial charge in [-0.1, -0.05) is 0 Å². The summed E-state index contributed by atoms with van der Waals surface area (Å²) in [6.45, 7) is 1.79. The van der Waals surface area contributed by atoms with Crippen LogP contribution in [0.15, 0.2) is 12.1 Å². The molecule has 2 aliphatic rings. The zero-order valence-electron chi connectivity index (χ0n) is 13.5. The van der Waals surface area contributed by atoms with Crippen molar-refractivity contribution < 1.29 is 33.8 Å². The number of nitrogens with zero attached hydrogens (tertiary/aromatic N) is 1. The number of benzene rings is 1. The lowest BCUT2D eigenvalue weighted by Crippen LogP contribution is -2.56. The van der Waals surface area contributed by atoms with Crippen LogP contribution in [0.4, 0.5) is 0 Å². The number of hydrogen-bond donors (Lipinski definition) is 1. The highest BCUT2D eigenvalue weighted by atomic mass is 16.7. The summed E-state index contributed by atoms with van der Waals surface area (Å²) >= 11 is 0. The third kappa shape index (κ3) is 1.83. The van der Waals surface area contributed by atoms with E-state index in [2.05, 4.69) is 0 Å². The number of ether oxygens (including phenoxy) is 2. The van der Waals surface area contributed by atoms with E-state index in [4.69, 9.17) is 14.3 Å². The van der Waals surface area contributed by atoms with Gasteiger partial charge in [0.1, 0.15) is 6.04 Å². The SMILES string of the molecule is CCON1C2Cc3cc(OC)c(OC)cc3C1(C(=O)O)C(=O)C2=O. The number of carboxylic acid groups (broad SMARTS) is 1. The van der Waals surface area contributed by atoms with Gasteiger partial charge < -0.3 is 14.6 Å². The number of aliphatic carboxylic acids is 1. The number of Topliss-reactive ketones (excluding diaryl/α,β-unsaturated/α-hetero) is 2. The molecule has 1 fully saturated rings. The largest absolute Gasteiger partial charge is 0.493 e. The van der Waals surface area contributed by atoms with Crippen LogP contribution < -0.4 is 9.47 Å². The lowest BCUT2D eigenvalue weighted by atomic mass is 9.82. The van der Waals surface area contributed by atoms with Crippen molar-refractivity contribution in [1.82, 2.24) is 5.06 Å². The van der Waals surface area contributed by atoms with Crippen LogP contribution in [0, 0.1) is 0 Å². The molecule has 1 aromatic rings. The number of carbonyl (C=O) groups excluding carboxylic acids is 2. The van der Waals surface area contributed by atoms with E-state index in [9.17, 15) is 19.5 Å². The summed E-state index contributed by atoms with van der Waals surface area (Å²) in [7, 11) is 2.86. The van der Waals surface area contributed by atoms with E-state index in [1.165, 1.54) is 20.3 Å². The fourth-order valence-electron chi connectivity index (χ4n) is 3.45. The van der Waals surface area contributed by atoms with Gasteiger partial charge in [0.2, 0.25) is 17.1 Å². The van der Waals surface area contributed by atoms with Gasteiger partial charge in [0.05, 0.1) is 20.8 Å². The van der Waals surface area contributed by atoms with Crippen LogP contribution in [-0.2, 0) is 31.2 Å². The lowest BCUT2D eigenvalue weighted by molar-refractivity contribution is -0.232. The number of ketones is 2. The van der Waals surface area contributed by atoms with Crippen LogP contribution in [0.3, 0.4) is 0 Å². The van der Waals surface area contributed by atoms with Crippen LogP contribution >= 0.6 is 0 Å². The molecule has 0 saturated carbocycles. The fourth-order valence-corrected chi connectivity index (χ4v) is 3.45. The zero-order chi connectivity index (χ0) is 17.6. The van der Waals surface area contributed by atoms with Crippen molar-refractivity contribution in [2.75, 3.05) is 20.8 Å². The number of methoxy groups -OCH3 is 2. The second-order valence-corrected chi connectivity index (χ2v) is 5.54. The van der Waals surface area contributed by atoms with Gasteiger partial charge >= 0.3 is 5.97 Å². The van der Waals surface area contributed by atoms with Crippen LogP contribution in [0.5, 0.6) is 11.5 Å². The van der Waals surface area contributed by atoms with Gasteiger partial charge in [-0.3, -0.25) is 14.4 Å². The highest BCUT2D eigenvalue weighted by Crippen LogP contribution is 2.48. The first-order valence-corrected chi connectivity index (χ1v) is 7.43. The van der Waals surface area contributed by atoms with E-state index in [1.807, 2.05) is 0 Å². The predicted octanol–water partition coefficient (Wildman–Crippen LogP) is 0.314. The van der Waals surface area contributed by atoms with Gasteiger partial charge in [0.15, 0.2) is 11.5 Å². The molecule has 0 aliphatic carbocycles. The van der Waals surface area contributed by atoms with Crippen molar-refractivity contribution in [3.8, 4) is 11.5 Å². The molecule has 2 unspecified atom stereocenters. The van der Waals surface area contributed by atoms with Crippen molar-refractivity contribution in [2.24, 2.45) is 0 Å². The molecule has 2 bridgehead atoms. The third-order valence-corrected chi connectivity index (χ3v) is 4.46. The van der Waals surface area contributed by atoms with Gasteiger partial charge in [-0.05, 0) is 31.0 Å². The Hall–Kier alpha value is -2.45. The average Bonchev–Trinajstić information content (AvgIpc) is 2.72. The summed E-state index contributed by atoms with van der Waals surface area (Å²) in [5.74, 6) is -2.54. The summed E-state index contributed by atoms with van der Waals surface area (Å²) < 4.78 is 10.4. The molecule has 24 heavy (non-hydrogen) atoms. The molecule has 2 atom stereocenters. The maximum atomic E-state index is 12.6. The van der Waals surface area contributed by atoms with Gasteiger partial charge in [0, 0.05) is 5.56 Å². The first kappa shape index (κ1) is 16.4. The van der Waals surface area contributed by atoms with Crippen LogP contribution in [0.2, 0.25) is 0 Å². The molecular weight excluding hydrogens is 318 g/mol. The minimum atomic E-state index is -2.19. The van der Waals surface area contributed by atoms with Crippen molar-refractivity contribution >= 4 is 17.5 Å². The van der Waals surface area contributed by atoms with E-state index in [1.54, 1.807) is 13.0 Å². The lowest BCUT2D eigenvalue weighted by Gasteiger charge is -2.39. The molecule has 0 aromatic heterocycles. The van der Waals surface area contributed by atoms with Gasteiger partial charge in [0.25, 0.3) is 0 Å². The summed E-state index contributed by atoms with van der Waals surface area (Å²) in [6.07, 6.45) is 0.162. The van der Waals surface area contributed by atoms with Crippen molar-refractivity contribution in [3.05, 3.63) is 23.3 Å². The van der Waals surface area contributed by atoms with E-state index in [-0.39, 0.29) is 24.3 Å². The number of carboxylic acids is 1. The summed E-state index contributed by atoms with van der Waals surface area (Å²) in [5.41, 5.74) is -1.46. The minimum Gasteiger partial charge on any atom is -0.493 e. The molecule has 0 spiro atoms. The van der Waals surface area contributed by atoms with Crippen LogP contribution in [0.25, 0.3) is 0 Å². The Morgan fingerprint density at radius 3 is 2.46 bits per heavy atom.